The van der Waals surface area contributed by atoms with Crippen LogP contribution in [0.15, 0.2) is 40.0 Å². The minimum Gasteiger partial charge on any atom is -0.491 e. The zero-order valence-electron chi connectivity index (χ0n) is 19.5. The Morgan fingerprint density at radius 1 is 1.26 bits per heavy atom. The highest BCUT2D eigenvalue weighted by Gasteiger charge is 2.28. The smallest absolute Gasteiger partial charge is 0.315 e. The number of benzene rings is 1. The molecule has 0 saturated heterocycles. The Labute approximate surface area is 211 Å². The molecule has 3 rings (SSSR count). The van der Waals surface area contributed by atoms with Gasteiger partial charge in [0.25, 0.3) is 0 Å². The fourth-order valence-electron chi connectivity index (χ4n) is 2.66. The van der Waals surface area contributed by atoms with E-state index in [-0.39, 0.29) is 16.7 Å². The zero-order chi connectivity index (χ0) is 25.8. The van der Waals surface area contributed by atoms with Crippen LogP contribution in [-0.2, 0) is 19.4 Å². The topological polar surface area (TPSA) is 169 Å². The number of ether oxygens (including phenoxy) is 1. The second-order valence-corrected chi connectivity index (χ2v) is 12.5. The number of nitrogens with one attached hydrogen (secondary N) is 3. The number of aromatic amines is 1. The van der Waals surface area contributed by atoms with Crippen LogP contribution in [0.4, 0.5) is 10.8 Å². The number of hydrogen-bond acceptors (Lipinski definition) is 10. The molecule has 0 aliphatic carbocycles. The standard InChI is InChI=1S/C21H26N6O5S3/c1-11(2)10-32-14-9-12(3)5-6-13(14)25-17(28)18(29)27-21-26-15(16(22)35(4,30)31)19(34-21)33-20-23-7-8-24-20/h5-9,11,16H,10,22H2,1-4H3,(H,23,24)(H,25,28)(H,26,27,29). The number of imidazole rings is 1. The summed E-state index contributed by atoms with van der Waals surface area (Å²) in [6.45, 7) is 6.33. The van der Waals surface area contributed by atoms with E-state index in [4.69, 9.17) is 10.5 Å². The monoisotopic (exact) mass is 538 g/mol. The molecule has 0 bridgehead atoms. The van der Waals surface area contributed by atoms with Gasteiger partial charge in [-0.25, -0.2) is 18.4 Å². The fourth-order valence-corrected chi connectivity index (χ4v) is 5.46. The highest BCUT2D eigenvalue weighted by atomic mass is 32.2. The summed E-state index contributed by atoms with van der Waals surface area (Å²) in [7, 11) is -3.68. The first-order valence-corrected chi connectivity index (χ1v) is 14.0. The van der Waals surface area contributed by atoms with Crippen molar-refractivity contribution in [2.75, 3.05) is 23.5 Å². The van der Waals surface area contributed by atoms with E-state index in [2.05, 4.69) is 25.6 Å². The Morgan fingerprint density at radius 3 is 2.60 bits per heavy atom. The van der Waals surface area contributed by atoms with Gasteiger partial charge in [-0.2, -0.15) is 0 Å². The molecule has 35 heavy (non-hydrogen) atoms. The average Bonchev–Trinajstić information content (AvgIpc) is 3.42. The van der Waals surface area contributed by atoms with Gasteiger partial charge in [-0.3, -0.25) is 14.9 Å². The summed E-state index contributed by atoms with van der Waals surface area (Å²) in [6, 6.07) is 5.21. The predicted octanol–water partition coefficient (Wildman–Crippen LogP) is 2.94. The summed E-state index contributed by atoms with van der Waals surface area (Å²) in [5.41, 5.74) is 7.23. The number of nitrogens with two attached hydrogens (primary N) is 1. The number of thiazole rings is 1. The Hall–Kier alpha value is -2.94. The first-order valence-electron chi connectivity index (χ1n) is 10.4. The minimum atomic E-state index is -3.68. The Kier molecular flexibility index (Phi) is 8.53. The molecular formula is C21H26N6O5S3. The second-order valence-electron chi connectivity index (χ2n) is 8.05. The van der Waals surface area contributed by atoms with E-state index in [9.17, 15) is 18.0 Å². The number of sulfone groups is 1. The number of aromatic nitrogens is 3. The van der Waals surface area contributed by atoms with Crippen LogP contribution in [0, 0.1) is 12.8 Å². The first kappa shape index (κ1) is 26.7. The van der Waals surface area contributed by atoms with Crippen molar-refractivity contribution in [1.29, 1.82) is 0 Å². The predicted molar refractivity (Wildman–Crippen MR) is 135 cm³/mol. The summed E-state index contributed by atoms with van der Waals surface area (Å²) < 4.78 is 30.2. The molecule has 0 fully saturated rings. The van der Waals surface area contributed by atoms with Gasteiger partial charge in [0.05, 0.1) is 16.5 Å². The molecule has 2 amide bonds. The Morgan fingerprint density at radius 2 is 1.97 bits per heavy atom. The summed E-state index contributed by atoms with van der Waals surface area (Å²) in [4.78, 5) is 36.3. The third kappa shape index (κ3) is 7.27. The Bertz CT molecular complexity index is 1300. The molecule has 1 atom stereocenters. The van der Waals surface area contributed by atoms with Crippen molar-refractivity contribution >= 4 is 55.6 Å². The van der Waals surface area contributed by atoms with Crippen molar-refractivity contribution in [3.05, 3.63) is 41.9 Å². The van der Waals surface area contributed by atoms with Crippen LogP contribution in [0.1, 0.15) is 30.5 Å². The number of hydrogen-bond donors (Lipinski definition) is 4. The van der Waals surface area contributed by atoms with Gasteiger partial charge in [0, 0.05) is 18.6 Å². The van der Waals surface area contributed by atoms with Crippen molar-refractivity contribution in [2.24, 2.45) is 11.7 Å². The maximum Gasteiger partial charge on any atom is 0.315 e. The van der Waals surface area contributed by atoms with E-state index in [1.165, 1.54) is 6.20 Å². The van der Waals surface area contributed by atoms with Crippen molar-refractivity contribution in [3.8, 4) is 5.75 Å². The molecule has 0 spiro atoms. The molecule has 1 unspecified atom stereocenters. The molecule has 3 aromatic rings. The molecule has 11 nitrogen and oxygen atoms in total. The summed E-state index contributed by atoms with van der Waals surface area (Å²) in [5, 5.41) is 4.05. The lowest BCUT2D eigenvalue weighted by Crippen LogP contribution is -2.29. The van der Waals surface area contributed by atoms with Gasteiger partial charge in [0.15, 0.2) is 25.5 Å². The van der Waals surface area contributed by atoms with Crippen molar-refractivity contribution in [3.63, 3.8) is 0 Å². The molecule has 0 aliphatic heterocycles. The number of amides is 2. The normalized spacial score (nSPS) is 12.4. The number of anilines is 2. The van der Waals surface area contributed by atoms with E-state index in [1.54, 1.807) is 24.4 Å². The Balaban J connectivity index is 1.78. The number of aryl methyl sites for hydroxylation is 1. The van der Waals surface area contributed by atoms with E-state index in [0.29, 0.717) is 27.4 Å². The van der Waals surface area contributed by atoms with Gasteiger partial charge in [-0.1, -0.05) is 31.3 Å². The van der Waals surface area contributed by atoms with Gasteiger partial charge < -0.3 is 20.8 Å². The van der Waals surface area contributed by atoms with Crippen LogP contribution < -0.4 is 21.1 Å². The first-order chi connectivity index (χ1) is 16.4. The third-order valence-electron chi connectivity index (χ3n) is 4.40. The lowest BCUT2D eigenvalue weighted by atomic mass is 10.2. The quantitative estimate of drug-likeness (QED) is 0.299. The highest BCUT2D eigenvalue weighted by Crippen LogP contribution is 2.39. The van der Waals surface area contributed by atoms with E-state index in [0.717, 1.165) is 34.9 Å². The molecule has 2 heterocycles. The SMILES string of the molecule is Cc1ccc(NC(=O)C(=O)Nc2nc(C(N)S(C)(=O)=O)c(Sc3ncc[nH]3)s2)c(OCC(C)C)c1. The maximum absolute atomic E-state index is 12.6. The zero-order valence-corrected chi connectivity index (χ0v) is 21.9. The van der Waals surface area contributed by atoms with Crippen LogP contribution in [0.2, 0.25) is 0 Å². The van der Waals surface area contributed by atoms with Crippen LogP contribution in [0.5, 0.6) is 5.75 Å². The fraction of sp³-hybridized carbons (Fsp3) is 0.333. The average molecular weight is 539 g/mol. The van der Waals surface area contributed by atoms with Crippen LogP contribution in [0.3, 0.4) is 0 Å². The van der Waals surface area contributed by atoms with E-state index >= 15 is 0 Å². The van der Waals surface area contributed by atoms with Crippen LogP contribution >= 0.6 is 23.1 Å². The van der Waals surface area contributed by atoms with E-state index in [1.807, 2.05) is 20.8 Å². The number of carbonyl (C=O) groups excluding carboxylic acids is 2. The molecule has 188 valence electrons. The molecule has 14 heteroatoms. The van der Waals surface area contributed by atoms with Gasteiger partial charge in [0.2, 0.25) is 0 Å². The third-order valence-corrected chi connectivity index (χ3v) is 7.64. The molecule has 5 N–H and O–H groups in total. The molecule has 2 aromatic heterocycles. The largest absolute Gasteiger partial charge is 0.491 e. The number of rotatable bonds is 9. The molecule has 0 saturated carbocycles. The van der Waals surface area contributed by atoms with Crippen molar-refractivity contribution < 1.29 is 22.7 Å². The van der Waals surface area contributed by atoms with Gasteiger partial charge >= 0.3 is 11.8 Å². The van der Waals surface area contributed by atoms with Gasteiger partial charge in [-0.15, -0.1) is 0 Å². The molecular weight excluding hydrogens is 512 g/mol. The summed E-state index contributed by atoms with van der Waals surface area (Å²) >= 11 is 2.09. The van der Waals surface area contributed by atoms with E-state index < -0.39 is 27.0 Å². The summed E-state index contributed by atoms with van der Waals surface area (Å²) in [5.74, 6) is -1.20. The summed E-state index contributed by atoms with van der Waals surface area (Å²) in [6.07, 6.45) is 4.14. The number of H-pyrrole nitrogens is 1. The maximum atomic E-state index is 12.6. The lowest BCUT2D eigenvalue weighted by Gasteiger charge is -2.14. The lowest BCUT2D eigenvalue weighted by molar-refractivity contribution is -0.133. The van der Waals surface area contributed by atoms with Crippen LogP contribution in [0.25, 0.3) is 0 Å². The van der Waals surface area contributed by atoms with Crippen LogP contribution in [-0.4, -0.2) is 48.0 Å². The molecule has 0 radical (unpaired) electrons. The minimum absolute atomic E-state index is 0.0218. The second kappa shape index (κ2) is 11.2. The van der Waals surface area contributed by atoms with Crippen molar-refractivity contribution in [2.45, 2.75) is 35.5 Å². The number of carbonyl (C=O) groups is 2. The number of nitrogens with zero attached hydrogens (tertiary/aromatic N) is 2. The highest BCUT2D eigenvalue weighted by molar-refractivity contribution is 8.01. The molecule has 0 aliphatic rings. The molecule has 1 aromatic carbocycles. The van der Waals surface area contributed by atoms with Crippen molar-refractivity contribution in [1.82, 2.24) is 15.0 Å². The van der Waals surface area contributed by atoms with Gasteiger partial charge in [0.1, 0.15) is 11.4 Å². The van der Waals surface area contributed by atoms with Gasteiger partial charge in [-0.05, 0) is 42.3 Å².